The number of amides is 1. The molecule has 2 fully saturated rings. The Morgan fingerprint density at radius 3 is 2.37 bits per heavy atom. The van der Waals surface area contributed by atoms with Crippen molar-refractivity contribution in [2.24, 2.45) is 0 Å². The van der Waals surface area contributed by atoms with E-state index in [0.29, 0.717) is 31.1 Å². The minimum absolute atomic E-state index is 0.121. The van der Waals surface area contributed by atoms with Gasteiger partial charge in [0.15, 0.2) is 0 Å². The van der Waals surface area contributed by atoms with Crippen molar-refractivity contribution in [1.29, 1.82) is 0 Å². The zero-order chi connectivity index (χ0) is 21.1. The minimum atomic E-state index is -3.48. The van der Waals surface area contributed by atoms with Crippen molar-refractivity contribution in [3.8, 4) is 0 Å². The van der Waals surface area contributed by atoms with Crippen LogP contribution in [0.15, 0.2) is 59.5 Å². The van der Waals surface area contributed by atoms with Gasteiger partial charge in [-0.2, -0.15) is 4.31 Å². The number of carbonyl (C=O) groups is 1. The fraction of sp³-hybridized carbons (Fsp3) is 0.435. The minimum Gasteiger partial charge on any atom is -0.341 e. The molecular weight excluding hydrogens is 398 g/mol. The molecule has 0 aromatic heterocycles. The van der Waals surface area contributed by atoms with Crippen molar-refractivity contribution in [3.05, 3.63) is 65.7 Å². The van der Waals surface area contributed by atoms with Crippen LogP contribution in [0.4, 0.5) is 0 Å². The molecule has 2 aliphatic rings. The molecule has 2 aromatic carbocycles. The molecule has 0 radical (unpaired) electrons. The number of sulfonamides is 1. The summed E-state index contributed by atoms with van der Waals surface area (Å²) >= 11 is 0. The van der Waals surface area contributed by atoms with Gasteiger partial charge >= 0.3 is 0 Å². The summed E-state index contributed by atoms with van der Waals surface area (Å²) in [6.45, 7) is 5.43. The number of hydrogen-bond donors (Lipinski definition) is 0. The normalized spacial score (nSPS) is 21.3. The lowest BCUT2D eigenvalue weighted by Gasteiger charge is -2.36. The quantitative estimate of drug-likeness (QED) is 0.709. The highest BCUT2D eigenvalue weighted by Gasteiger charge is 2.38. The molecule has 160 valence electrons. The first-order valence-corrected chi connectivity index (χ1v) is 12.0. The molecule has 4 rings (SSSR count). The summed E-state index contributed by atoms with van der Waals surface area (Å²) in [5, 5.41) is 0. The van der Waals surface area contributed by atoms with Gasteiger partial charge in [-0.15, -0.1) is 0 Å². The van der Waals surface area contributed by atoms with Gasteiger partial charge in [0.1, 0.15) is 0 Å². The molecule has 0 N–H and O–H groups in total. The van der Waals surface area contributed by atoms with E-state index in [1.54, 1.807) is 22.5 Å². The van der Waals surface area contributed by atoms with E-state index in [0.717, 1.165) is 31.5 Å². The van der Waals surface area contributed by atoms with E-state index in [4.69, 9.17) is 0 Å². The first kappa shape index (κ1) is 21.0. The van der Waals surface area contributed by atoms with Crippen LogP contribution < -0.4 is 0 Å². The first-order valence-electron chi connectivity index (χ1n) is 10.6. The molecule has 30 heavy (non-hydrogen) atoms. The topological polar surface area (TPSA) is 60.9 Å². The van der Waals surface area contributed by atoms with E-state index in [-0.39, 0.29) is 11.9 Å². The van der Waals surface area contributed by atoms with Crippen LogP contribution in [0.25, 0.3) is 0 Å². The third-order valence-corrected chi connectivity index (χ3v) is 8.02. The second-order valence-corrected chi connectivity index (χ2v) is 10.1. The smallest absolute Gasteiger partial charge is 0.243 e. The van der Waals surface area contributed by atoms with Crippen molar-refractivity contribution in [3.63, 3.8) is 0 Å². The van der Waals surface area contributed by atoms with Gasteiger partial charge in [-0.05, 0) is 43.0 Å². The lowest BCUT2D eigenvalue weighted by atomic mass is 10.1. The van der Waals surface area contributed by atoms with Crippen LogP contribution in [0, 0.1) is 6.92 Å². The third kappa shape index (κ3) is 4.43. The lowest BCUT2D eigenvalue weighted by Crippen LogP contribution is -2.53. The molecule has 0 spiro atoms. The Kier molecular flexibility index (Phi) is 6.22. The van der Waals surface area contributed by atoms with Crippen molar-refractivity contribution in [1.82, 2.24) is 14.1 Å². The Hall–Kier alpha value is -2.22. The maximum Gasteiger partial charge on any atom is 0.243 e. The van der Waals surface area contributed by atoms with Gasteiger partial charge in [0.25, 0.3) is 0 Å². The average Bonchev–Trinajstić information content (AvgIpc) is 3.13. The van der Waals surface area contributed by atoms with Gasteiger partial charge in [-0.3, -0.25) is 9.69 Å². The summed E-state index contributed by atoms with van der Waals surface area (Å²) in [5.74, 6) is 0.181. The van der Waals surface area contributed by atoms with Gasteiger partial charge < -0.3 is 4.90 Å². The summed E-state index contributed by atoms with van der Waals surface area (Å²) in [4.78, 5) is 17.4. The number of likely N-dealkylation sites (tertiary alicyclic amines) is 1. The van der Waals surface area contributed by atoms with Gasteiger partial charge in [0, 0.05) is 39.3 Å². The molecule has 7 heteroatoms. The van der Waals surface area contributed by atoms with Crippen molar-refractivity contribution in [2.75, 3.05) is 39.3 Å². The van der Waals surface area contributed by atoms with Crippen molar-refractivity contribution in [2.45, 2.75) is 30.7 Å². The SMILES string of the molecule is Cc1cccc(S(=O)(=O)N2CCN(C3CCN(CCc4ccccc4)C3=O)CC2)c1. The van der Waals surface area contributed by atoms with Crippen LogP contribution in [0.3, 0.4) is 0 Å². The highest BCUT2D eigenvalue weighted by Crippen LogP contribution is 2.23. The summed E-state index contributed by atoms with van der Waals surface area (Å²) in [5.41, 5.74) is 2.17. The third-order valence-electron chi connectivity index (χ3n) is 6.12. The molecule has 0 aliphatic carbocycles. The number of benzene rings is 2. The maximum absolute atomic E-state index is 12.9. The number of rotatable bonds is 6. The van der Waals surface area contributed by atoms with Gasteiger partial charge in [-0.25, -0.2) is 8.42 Å². The fourth-order valence-electron chi connectivity index (χ4n) is 4.37. The molecule has 2 saturated heterocycles. The number of aryl methyl sites for hydroxylation is 1. The average molecular weight is 428 g/mol. The highest BCUT2D eigenvalue weighted by molar-refractivity contribution is 7.89. The summed E-state index contributed by atoms with van der Waals surface area (Å²) in [6.07, 6.45) is 1.68. The van der Waals surface area contributed by atoms with Crippen LogP contribution in [-0.4, -0.2) is 73.7 Å². The number of carbonyl (C=O) groups excluding carboxylic acids is 1. The summed E-state index contributed by atoms with van der Waals surface area (Å²) in [6, 6.07) is 17.1. The van der Waals surface area contributed by atoms with E-state index in [1.165, 1.54) is 5.56 Å². The maximum atomic E-state index is 12.9. The Morgan fingerprint density at radius 2 is 1.67 bits per heavy atom. The molecule has 2 aromatic rings. The number of nitrogens with zero attached hydrogens (tertiary/aromatic N) is 3. The van der Waals surface area contributed by atoms with Gasteiger partial charge in [0.2, 0.25) is 15.9 Å². The second kappa shape index (κ2) is 8.88. The zero-order valence-corrected chi connectivity index (χ0v) is 18.2. The highest BCUT2D eigenvalue weighted by atomic mass is 32.2. The van der Waals surface area contributed by atoms with Crippen LogP contribution in [-0.2, 0) is 21.2 Å². The van der Waals surface area contributed by atoms with E-state index in [2.05, 4.69) is 17.0 Å². The lowest BCUT2D eigenvalue weighted by molar-refractivity contribution is -0.132. The van der Waals surface area contributed by atoms with Gasteiger partial charge in [-0.1, -0.05) is 42.5 Å². The fourth-order valence-corrected chi connectivity index (χ4v) is 5.90. The van der Waals surface area contributed by atoms with E-state index in [9.17, 15) is 13.2 Å². The Bertz CT molecular complexity index is 986. The molecule has 1 unspecified atom stereocenters. The van der Waals surface area contributed by atoms with Crippen LogP contribution in [0.5, 0.6) is 0 Å². The largest absolute Gasteiger partial charge is 0.341 e. The predicted octanol–water partition coefficient (Wildman–Crippen LogP) is 2.14. The molecule has 2 aliphatic heterocycles. The molecule has 1 atom stereocenters. The van der Waals surface area contributed by atoms with Crippen molar-refractivity contribution >= 4 is 15.9 Å². The van der Waals surface area contributed by atoms with Crippen LogP contribution >= 0.6 is 0 Å². The van der Waals surface area contributed by atoms with Crippen LogP contribution in [0.1, 0.15) is 17.5 Å². The van der Waals surface area contributed by atoms with E-state index < -0.39 is 10.0 Å². The Morgan fingerprint density at radius 1 is 0.933 bits per heavy atom. The standard InChI is InChI=1S/C23H29N3O3S/c1-19-6-5-9-21(18-19)30(28,29)26-16-14-24(15-17-26)22-11-13-25(23(22)27)12-10-20-7-3-2-4-8-20/h2-9,18,22H,10-17H2,1H3. The molecule has 0 saturated carbocycles. The molecule has 1 amide bonds. The Balaban J connectivity index is 1.32. The predicted molar refractivity (Wildman–Crippen MR) is 117 cm³/mol. The van der Waals surface area contributed by atoms with Gasteiger partial charge in [0.05, 0.1) is 10.9 Å². The summed E-state index contributed by atoms with van der Waals surface area (Å²) < 4.78 is 27.4. The van der Waals surface area contributed by atoms with Crippen molar-refractivity contribution < 1.29 is 13.2 Å². The first-order chi connectivity index (χ1) is 14.4. The molecule has 2 heterocycles. The molecule has 6 nitrogen and oxygen atoms in total. The summed E-state index contributed by atoms with van der Waals surface area (Å²) in [7, 11) is -3.48. The van der Waals surface area contributed by atoms with E-state index >= 15 is 0 Å². The van der Waals surface area contributed by atoms with Crippen LogP contribution in [0.2, 0.25) is 0 Å². The number of piperazine rings is 1. The number of hydrogen-bond acceptors (Lipinski definition) is 4. The molecular formula is C23H29N3O3S. The van der Waals surface area contributed by atoms with E-state index in [1.807, 2.05) is 36.1 Å². The zero-order valence-electron chi connectivity index (χ0n) is 17.4. The second-order valence-electron chi connectivity index (χ2n) is 8.12. The Labute approximate surface area is 179 Å². The molecule has 0 bridgehead atoms. The monoisotopic (exact) mass is 427 g/mol.